The molecule has 1 heterocycles. The van der Waals surface area contributed by atoms with E-state index in [-0.39, 0.29) is 12.1 Å². The molecule has 0 radical (unpaired) electrons. The summed E-state index contributed by atoms with van der Waals surface area (Å²) in [4.78, 5) is 13.3. The second-order valence-corrected chi connectivity index (χ2v) is 4.21. The summed E-state index contributed by atoms with van der Waals surface area (Å²) in [6.07, 6.45) is 0. The van der Waals surface area contributed by atoms with E-state index in [9.17, 15) is 4.79 Å². The van der Waals surface area contributed by atoms with Crippen molar-refractivity contribution < 1.29 is 4.79 Å². The first-order valence-corrected chi connectivity index (χ1v) is 5.83. The van der Waals surface area contributed by atoms with Crippen molar-refractivity contribution in [1.29, 1.82) is 0 Å². The van der Waals surface area contributed by atoms with Gasteiger partial charge in [0.2, 0.25) is 0 Å². The molecule has 0 bridgehead atoms. The first kappa shape index (κ1) is 11.7. The molecule has 0 aromatic heterocycles. The van der Waals surface area contributed by atoms with Crippen LogP contribution in [-0.4, -0.2) is 31.7 Å². The lowest BCUT2D eigenvalue weighted by Gasteiger charge is -2.17. The maximum atomic E-state index is 11.5. The van der Waals surface area contributed by atoms with Crippen molar-refractivity contribution in [3.8, 4) is 0 Å². The average molecular weight is 234 g/mol. The summed E-state index contributed by atoms with van der Waals surface area (Å²) in [5, 5.41) is 6.07. The van der Waals surface area contributed by atoms with E-state index in [1.807, 2.05) is 31.2 Å². The Kier molecular flexibility index (Phi) is 3.49. The lowest BCUT2D eigenvalue weighted by Crippen LogP contribution is -2.28. The Balaban J connectivity index is 2.13. The standard InChI is InChI=1S/C12H18N4O/c1-9(8-13)15-10-3-2-4-11(7-10)16-6-5-14-12(16)17/h2-4,7,9,15H,5-6,8,13H2,1H3,(H,14,17). The van der Waals surface area contributed by atoms with E-state index in [0.29, 0.717) is 19.6 Å². The minimum atomic E-state index is -0.0333. The molecule has 4 N–H and O–H groups in total. The van der Waals surface area contributed by atoms with Crippen molar-refractivity contribution in [3.05, 3.63) is 24.3 Å². The van der Waals surface area contributed by atoms with E-state index >= 15 is 0 Å². The summed E-state index contributed by atoms with van der Waals surface area (Å²) in [7, 11) is 0. The molecule has 17 heavy (non-hydrogen) atoms. The molecule has 5 nitrogen and oxygen atoms in total. The highest BCUT2D eigenvalue weighted by molar-refractivity contribution is 5.94. The molecule has 0 saturated carbocycles. The van der Waals surface area contributed by atoms with Crippen LogP contribution in [0.1, 0.15) is 6.92 Å². The molecule has 1 aromatic carbocycles. The van der Waals surface area contributed by atoms with Gasteiger partial charge in [-0.25, -0.2) is 4.79 Å². The number of nitrogens with two attached hydrogens (primary N) is 1. The van der Waals surface area contributed by atoms with Crippen LogP contribution in [0, 0.1) is 0 Å². The maximum absolute atomic E-state index is 11.5. The SMILES string of the molecule is CC(CN)Nc1cccc(N2CCNC2=O)c1. The van der Waals surface area contributed by atoms with Crippen molar-refractivity contribution in [2.45, 2.75) is 13.0 Å². The minimum Gasteiger partial charge on any atom is -0.381 e. The fourth-order valence-corrected chi connectivity index (χ4v) is 1.82. The van der Waals surface area contributed by atoms with Gasteiger partial charge in [-0.15, -0.1) is 0 Å². The molecule has 1 fully saturated rings. The van der Waals surface area contributed by atoms with Crippen LogP contribution < -0.4 is 21.3 Å². The van der Waals surface area contributed by atoms with E-state index in [0.717, 1.165) is 11.4 Å². The Morgan fingerprint density at radius 2 is 2.41 bits per heavy atom. The summed E-state index contributed by atoms with van der Waals surface area (Å²) in [6, 6.07) is 8.00. The van der Waals surface area contributed by atoms with Crippen molar-refractivity contribution in [2.24, 2.45) is 5.73 Å². The van der Waals surface area contributed by atoms with Gasteiger partial charge in [-0.05, 0) is 25.1 Å². The number of carbonyl (C=O) groups is 1. The number of benzene rings is 1. The largest absolute Gasteiger partial charge is 0.381 e. The van der Waals surface area contributed by atoms with Crippen LogP contribution in [-0.2, 0) is 0 Å². The summed E-state index contributed by atoms with van der Waals surface area (Å²) in [6.45, 7) is 4.02. The number of hydrogen-bond acceptors (Lipinski definition) is 3. The van der Waals surface area contributed by atoms with Gasteiger partial charge in [0.25, 0.3) is 0 Å². The Morgan fingerprint density at radius 3 is 3.06 bits per heavy atom. The fourth-order valence-electron chi connectivity index (χ4n) is 1.82. The Labute approximate surface area is 101 Å². The van der Waals surface area contributed by atoms with Gasteiger partial charge in [-0.2, -0.15) is 0 Å². The molecule has 1 aliphatic rings. The van der Waals surface area contributed by atoms with E-state index in [2.05, 4.69) is 10.6 Å². The molecule has 1 saturated heterocycles. The van der Waals surface area contributed by atoms with Crippen LogP contribution in [0.25, 0.3) is 0 Å². The second kappa shape index (κ2) is 5.05. The van der Waals surface area contributed by atoms with Gasteiger partial charge < -0.3 is 16.4 Å². The number of anilines is 2. The normalized spacial score (nSPS) is 16.8. The van der Waals surface area contributed by atoms with Gasteiger partial charge >= 0.3 is 6.03 Å². The highest BCUT2D eigenvalue weighted by Gasteiger charge is 2.21. The molecular formula is C12H18N4O. The first-order chi connectivity index (χ1) is 8.20. The molecule has 92 valence electrons. The van der Waals surface area contributed by atoms with Gasteiger partial charge in [0.05, 0.1) is 0 Å². The highest BCUT2D eigenvalue weighted by atomic mass is 16.2. The molecule has 1 aliphatic heterocycles. The minimum absolute atomic E-state index is 0.0333. The summed E-state index contributed by atoms with van der Waals surface area (Å²) in [5.41, 5.74) is 7.46. The first-order valence-electron chi connectivity index (χ1n) is 5.83. The van der Waals surface area contributed by atoms with Crippen molar-refractivity contribution in [2.75, 3.05) is 29.9 Å². The molecule has 0 spiro atoms. The number of rotatable bonds is 4. The summed E-state index contributed by atoms with van der Waals surface area (Å²) >= 11 is 0. The van der Waals surface area contributed by atoms with Crippen LogP contribution >= 0.6 is 0 Å². The Bertz CT molecular complexity index is 407. The van der Waals surface area contributed by atoms with Gasteiger partial charge in [0.15, 0.2) is 0 Å². The number of carbonyl (C=O) groups excluding carboxylic acids is 1. The number of nitrogens with zero attached hydrogens (tertiary/aromatic N) is 1. The van der Waals surface area contributed by atoms with Gasteiger partial charge in [0, 0.05) is 37.1 Å². The molecule has 5 heteroatoms. The Hall–Kier alpha value is -1.75. The number of amides is 2. The van der Waals surface area contributed by atoms with Gasteiger partial charge in [0.1, 0.15) is 0 Å². The molecule has 0 aliphatic carbocycles. The molecular weight excluding hydrogens is 216 g/mol. The summed E-state index contributed by atoms with van der Waals surface area (Å²) < 4.78 is 0. The zero-order valence-electron chi connectivity index (χ0n) is 9.94. The van der Waals surface area contributed by atoms with E-state index in [1.165, 1.54) is 0 Å². The van der Waals surface area contributed by atoms with Gasteiger partial charge in [-0.1, -0.05) is 6.07 Å². The predicted octanol–water partition coefficient (Wildman–Crippen LogP) is 0.975. The second-order valence-electron chi connectivity index (χ2n) is 4.21. The van der Waals surface area contributed by atoms with Crippen molar-refractivity contribution in [1.82, 2.24) is 5.32 Å². The number of nitrogens with one attached hydrogen (secondary N) is 2. The molecule has 1 unspecified atom stereocenters. The summed E-state index contributed by atoms with van der Waals surface area (Å²) in [5.74, 6) is 0. The number of urea groups is 1. The van der Waals surface area contributed by atoms with E-state index in [1.54, 1.807) is 4.90 Å². The van der Waals surface area contributed by atoms with E-state index in [4.69, 9.17) is 5.73 Å². The third-order valence-electron chi connectivity index (χ3n) is 2.78. The zero-order valence-corrected chi connectivity index (χ0v) is 9.94. The third-order valence-corrected chi connectivity index (χ3v) is 2.78. The predicted molar refractivity (Wildman–Crippen MR) is 69.3 cm³/mol. The molecule has 1 aromatic rings. The molecule has 2 rings (SSSR count). The smallest absolute Gasteiger partial charge is 0.321 e. The molecule has 2 amide bonds. The number of hydrogen-bond donors (Lipinski definition) is 3. The zero-order chi connectivity index (χ0) is 12.3. The van der Waals surface area contributed by atoms with Crippen LogP contribution in [0.2, 0.25) is 0 Å². The van der Waals surface area contributed by atoms with Crippen LogP contribution in [0.5, 0.6) is 0 Å². The van der Waals surface area contributed by atoms with E-state index < -0.39 is 0 Å². The average Bonchev–Trinajstić information content (AvgIpc) is 2.75. The van der Waals surface area contributed by atoms with Crippen LogP contribution in [0.15, 0.2) is 24.3 Å². The van der Waals surface area contributed by atoms with Crippen molar-refractivity contribution in [3.63, 3.8) is 0 Å². The highest BCUT2D eigenvalue weighted by Crippen LogP contribution is 2.21. The maximum Gasteiger partial charge on any atom is 0.321 e. The third kappa shape index (κ3) is 2.68. The lowest BCUT2D eigenvalue weighted by atomic mass is 10.2. The topological polar surface area (TPSA) is 70.4 Å². The lowest BCUT2D eigenvalue weighted by molar-refractivity contribution is 0.252. The monoisotopic (exact) mass is 234 g/mol. The Morgan fingerprint density at radius 1 is 1.59 bits per heavy atom. The fraction of sp³-hybridized carbons (Fsp3) is 0.417. The van der Waals surface area contributed by atoms with Crippen LogP contribution in [0.4, 0.5) is 16.2 Å². The quantitative estimate of drug-likeness (QED) is 0.727. The van der Waals surface area contributed by atoms with Crippen LogP contribution in [0.3, 0.4) is 0 Å². The van der Waals surface area contributed by atoms with Gasteiger partial charge in [-0.3, -0.25) is 4.90 Å². The van der Waals surface area contributed by atoms with Crippen molar-refractivity contribution >= 4 is 17.4 Å². The molecule has 1 atom stereocenters.